The first-order valence-corrected chi connectivity index (χ1v) is 7.41. The lowest BCUT2D eigenvalue weighted by atomic mass is 10.0. The zero-order valence-electron chi connectivity index (χ0n) is 12.7. The van der Waals surface area contributed by atoms with Gasteiger partial charge in [0.05, 0.1) is 11.3 Å². The van der Waals surface area contributed by atoms with Gasteiger partial charge in [-0.1, -0.05) is 18.2 Å². The van der Waals surface area contributed by atoms with Crippen LogP contribution in [0.5, 0.6) is 0 Å². The van der Waals surface area contributed by atoms with Gasteiger partial charge in [-0.25, -0.2) is 9.97 Å². The average Bonchev–Trinajstić information content (AvgIpc) is 2.95. The Morgan fingerprint density at radius 1 is 1.17 bits per heavy atom. The maximum atomic E-state index is 13.0. The second kappa shape index (κ2) is 6.16. The highest BCUT2D eigenvalue weighted by Gasteiger charge is 2.32. The molecule has 0 radical (unpaired) electrons. The molecule has 2 heterocycles. The van der Waals surface area contributed by atoms with Crippen molar-refractivity contribution in [3.05, 3.63) is 52.5 Å². The predicted octanol–water partition coefficient (Wildman–Crippen LogP) is 3.06. The SMILES string of the molecule is Cc1nc2c(c(NCCc3ccccc3C(F)(F)F)n1)CNC2. The topological polar surface area (TPSA) is 49.8 Å². The first kappa shape index (κ1) is 15.7. The van der Waals surface area contributed by atoms with E-state index in [1.807, 2.05) is 6.92 Å². The summed E-state index contributed by atoms with van der Waals surface area (Å²) in [4.78, 5) is 8.73. The third-order valence-corrected chi connectivity index (χ3v) is 3.81. The first-order chi connectivity index (χ1) is 10.9. The molecule has 2 N–H and O–H groups in total. The average molecular weight is 322 g/mol. The lowest BCUT2D eigenvalue weighted by molar-refractivity contribution is -0.138. The molecule has 2 aromatic rings. The molecule has 0 saturated heterocycles. The van der Waals surface area contributed by atoms with Crippen LogP contribution in [0.15, 0.2) is 24.3 Å². The molecule has 0 spiro atoms. The van der Waals surface area contributed by atoms with Crippen LogP contribution in [-0.4, -0.2) is 16.5 Å². The lowest BCUT2D eigenvalue weighted by Crippen LogP contribution is -2.14. The van der Waals surface area contributed by atoms with E-state index in [0.29, 0.717) is 31.3 Å². The normalized spacial score (nSPS) is 13.9. The van der Waals surface area contributed by atoms with E-state index in [1.165, 1.54) is 12.1 Å². The summed E-state index contributed by atoms with van der Waals surface area (Å²) in [6.45, 7) is 3.57. The van der Waals surface area contributed by atoms with Crippen LogP contribution in [0.4, 0.5) is 19.0 Å². The molecule has 0 unspecified atom stereocenters. The number of hydrogen-bond acceptors (Lipinski definition) is 4. The summed E-state index contributed by atoms with van der Waals surface area (Å²) in [6.07, 6.45) is -4.05. The van der Waals surface area contributed by atoms with Crippen LogP contribution < -0.4 is 10.6 Å². The number of rotatable bonds is 4. The van der Waals surface area contributed by atoms with Crippen molar-refractivity contribution in [2.75, 3.05) is 11.9 Å². The van der Waals surface area contributed by atoms with Crippen molar-refractivity contribution >= 4 is 5.82 Å². The van der Waals surface area contributed by atoms with Crippen molar-refractivity contribution in [3.8, 4) is 0 Å². The molecule has 0 amide bonds. The summed E-state index contributed by atoms with van der Waals surface area (Å²) in [5.74, 6) is 1.37. The van der Waals surface area contributed by atoms with Crippen molar-refractivity contribution in [3.63, 3.8) is 0 Å². The Labute approximate surface area is 132 Å². The molecule has 23 heavy (non-hydrogen) atoms. The molecule has 0 saturated carbocycles. The van der Waals surface area contributed by atoms with E-state index < -0.39 is 11.7 Å². The van der Waals surface area contributed by atoms with Crippen molar-refractivity contribution < 1.29 is 13.2 Å². The summed E-state index contributed by atoms with van der Waals surface area (Å²) < 4.78 is 38.9. The minimum atomic E-state index is -4.33. The van der Waals surface area contributed by atoms with Crippen molar-refractivity contribution in [1.82, 2.24) is 15.3 Å². The van der Waals surface area contributed by atoms with Gasteiger partial charge in [-0.2, -0.15) is 13.2 Å². The van der Waals surface area contributed by atoms with Gasteiger partial charge in [0.15, 0.2) is 0 Å². The van der Waals surface area contributed by atoms with Crippen LogP contribution in [0.25, 0.3) is 0 Å². The Balaban J connectivity index is 1.72. The molecule has 0 bridgehead atoms. The number of benzene rings is 1. The molecule has 0 atom stereocenters. The molecule has 7 heteroatoms. The molecule has 1 aromatic heterocycles. The Morgan fingerprint density at radius 3 is 2.74 bits per heavy atom. The van der Waals surface area contributed by atoms with E-state index in [0.717, 1.165) is 17.3 Å². The van der Waals surface area contributed by atoms with Gasteiger partial charge in [0.25, 0.3) is 0 Å². The van der Waals surface area contributed by atoms with E-state index in [2.05, 4.69) is 20.6 Å². The van der Waals surface area contributed by atoms with Gasteiger partial charge in [0.1, 0.15) is 11.6 Å². The minimum Gasteiger partial charge on any atom is -0.369 e. The summed E-state index contributed by atoms with van der Waals surface area (Å²) >= 11 is 0. The maximum absolute atomic E-state index is 13.0. The van der Waals surface area contributed by atoms with Crippen molar-refractivity contribution in [1.29, 1.82) is 0 Å². The number of aryl methyl sites for hydroxylation is 1. The third kappa shape index (κ3) is 3.44. The van der Waals surface area contributed by atoms with Crippen LogP contribution >= 0.6 is 0 Å². The van der Waals surface area contributed by atoms with E-state index in [1.54, 1.807) is 6.07 Å². The lowest BCUT2D eigenvalue weighted by Gasteiger charge is -2.14. The number of aromatic nitrogens is 2. The molecular weight excluding hydrogens is 305 g/mol. The Bertz CT molecular complexity index is 713. The highest BCUT2D eigenvalue weighted by molar-refractivity contribution is 5.48. The first-order valence-electron chi connectivity index (χ1n) is 7.41. The van der Waals surface area contributed by atoms with Gasteiger partial charge in [0.2, 0.25) is 0 Å². The Morgan fingerprint density at radius 2 is 1.96 bits per heavy atom. The molecule has 4 nitrogen and oxygen atoms in total. The van der Waals surface area contributed by atoms with E-state index in [-0.39, 0.29) is 12.0 Å². The summed E-state index contributed by atoms with van der Waals surface area (Å²) in [5.41, 5.74) is 1.66. The predicted molar refractivity (Wildman–Crippen MR) is 81.0 cm³/mol. The number of hydrogen-bond donors (Lipinski definition) is 2. The monoisotopic (exact) mass is 322 g/mol. The smallest absolute Gasteiger partial charge is 0.369 e. The highest BCUT2D eigenvalue weighted by atomic mass is 19.4. The zero-order valence-corrected chi connectivity index (χ0v) is 12.7. The number of halogens is 3. The van der Waals surface area contributed by atoms with Crippen molar-refractivity contribution in [2.24, 2.45) is 0 Å². The zero-order chi connectivity index (χ0) is 16.4. The molecule has 122 valence electrons. The second-order valence-electron chi connectivity index (χ2n) is 5.48. The number of nitrogens with zero attached hydrogens (tertiary/aromatic N) is 2. The van der Waals surface area contributed by atoms with E-state index in [9.17, 15) is 13.2 Å². The molecule has 0 fully saturated rings. The molecular formula is C16H17F3N4. The van der Waals surface area contributed by atoms with Crippen LogP contribution in [0.1, 0.15) is 28.2 Å². The summed E-state index contributed by atoms with van der Waals surface area (Å²) in [5, 5.41) is 6.36. The van der Waals surface area contributed by atoms with Crippen molar-refractivity contribution in [2.45, 2.75) is 32.6 Å². The van der Waals surface area contributed by atoms with Gasteiger partial charge >= 0.3 is 6.18 Å². The van der Waals surface area contributed by atoms with Gasteiger partial charge in [0, 0.05) is 25.2 Å². The van der Waals surface area contributed by atoms with Gasteiger partial charge in [-0.05, 0) is 25.0 Å². The van der Waals surface area contributed by atoms with Crippen LogP contribution in [0, 0.1) is 6.92 Å². The van der Waals surface area contributed by atoms with Gasteiger partial charge in [-0.15, -0.1) is 0 Å². The van der Waals surface area contributed by atoms with E-state index >= 15 is 0 Å². The third-order valence-electron chi connectivity index (χ3n) is 3.81. The Hall–Kier alpha value is -2.15. The molecule has 1 aliphatic rings. The van der Waals surface area contributed by atoms with E-state index in [4.69, 9.17) is 0 Å². The fourth-order valence-corrected chi connectivity index (χ4v) is 2.77. The fraction of sp³-hybridized carbons (Fsp3) is 0.375. The maximum Gasteiger partial charge on any atom is 0.416 e. The van der Waals surface area contributed by atoms with Gasteiger partial charge < -0.3 is 10.6 Å². The summed E-state index contributed by atoms with van der Waals surface area (Å²) in [7, 11) is 0. The quantitative estimate of drug-likeness (QED) is 0.908. The molecule has 1 aliphatic heterocycles. The second-order valence-corrected chi connectivity index (χ2v) is 5.48. The van der Waals surface area contributed by atoms with Crippen LogP contribution in [0.2, 0.25) is 0 Å². The molecule has 1 aromatic carbocycles. The highest BCUT2D eigenvalue weighted by Crippen LogP contribution is 2.32. The molecule has 0 aliphatic carbocycles. The largest absolute Gasteiger partial charge is 0.416 e. The standard InChI is InChI=1S/C16H17F3N4/c1-10-22-14-9-20-8-12(14)15(23-10)21-7-6-11-4-2-3-5-13(11)16(17,18)19/h2-5,20H,6-9H2,1H3,(H,21,22,23). The van der Waals surface area contributed by atoms with Crippen LogP contribution in [-0.2, 0) is 25.7 Å². The minimum absolute atomic E-state index is 0.279. The van der Waals surface area contributed by atoms with Crippen LogP contribution in [0.3, 0.4) is 0 Å². The Kier molecular flexibility index (Phi) is 4.21. The number of nitrogens with one attached hydrogen (secondary N) is 2. The summed E-state index contributed by atoms with van der Waals surface area (Å²) in [6, 6.07) is 5.67. The van der Waals surface area contributed by atoms with Gasteiger partial charge in [-0.3, -0.25) is 0 Å². The number of alkyl halides is 3. The fourth-order valence-electron chi connectivity index (χ4n) is 2.77. The molecule has 3 rings (SSSR count). The number of anilines is 1. The number of fused-ring (bicyclic) bond motifs is 1.